The van der Waals surface area contributed by atoms with E-state index < -0.39 is 0 Å². The zero-order valence-corrected chi connectivity index (χ0v) is 18.3. The molecule has 0 saturated heterocycles. The van der Waals surface area contributed by atoms with Crippen molar-refractivity contribution in [3.05, 3.63) is 65.9 Å². The zero-order valence-electron chi connectivity index (χ0n) is 16.0. The normalized spacial score (nSPS) is 11.5. The highest BCUT2D eigenvalue weighted by atomic mass is 127. The standard InChI is InChI=1S/C19H24FN7.HI/c1-21-19(23-13-18-25-24-17-5-3-4-11-27(17)18)22-10-12-26(2)14-15-6-8-16(20)9-7-15;/h3-9,11H,10,12-14H2,1-2H3,(H2,21,22,23);1H. The lowest BCUT2D eigenvalue weighted by Gasteiger charge is -2.18. The van der Waals surface area contributed by atoms with E-state index in [0.717, 1.165) is 36.7 Å². The molecule has 0 aliphatic carbocycles. The fourth-order valence-electron chi connectivity index (χ4n) is 2.74. The van der Waals surface area contributed by atoms with Crippen LogP contribution in [0.4, 0.5) is 4.39 Å². The molecule has 0 aliphatic rings. The predicted molar refractivity (Wildman–Crippen MR) is 119 cm³/mol. The highest BCUT2D eigenvalue weighted by molar-refractivity contribution is 14.0. The van der Waals surface area contributed by atoms with Crippen molar-refractivity contribution in [3.63, 3.8) is 0 Å². The van der Waals surface area contributed by atoms with Crippen LogP contribution in [0.5, 0.6) is 0 Å². The van der Waals surface area contributed by atoms with Crippen LogP contribution in [0, 0.1) is 5.82 Å². The van der Waals surface area contributed by atoms with Crippen LogP contribution in [-0.4, -0.2) is 52.6 Å². The molecule has 3 rings (SSSR count). The van der Waals surface area contributed by atoms with E-state index in [1.165, 1.54) is 12.1 Å². The van der Waals surface area contributed by atoms with Crippen molar-refractivity contribution in [1.82, 2.24) is 30.1 Å². The molecule has 0 spiro atoms. The van der Waals surface area contributed by atoms with Gasteiger partial charge in [0.25, 0.3) is 0 Å². The molecule has 0 bridgehead atoms. The molecule has 2 N–H and O–H groups in total. The first kappa shape index (κ1) is 22.0. The molecule has 0 radical (unpaired) electrons. The maximum Gasteiger partial charge on any atom is 0.191 e. The number of hydrogen-bond donors (Lipinski definition) is 2. The minimum Gasteiger partial charge on any atom is -0.355 e. The molecule has 0 unspecified atom stereocenters. The van der Waals surface area contributed by atoms with Crippen molar-refractivity contribution in [2.45, 2.75) is 13.1 Å². The summed E-state index contributed by atoms with van der Waals surface area (Å²) in [5, 5.41) is 14.9. The number of fused-ring (bicyclic) bond motifs is 1. The van der Waals surface area contributed by atoms with Gasteiger partial charge in [-0.15, -0.1) is 34.2 Å². The Morgan fingerprint density at radius 2 is 1.93 bits per heavy atom. The number of halogens is 2. The van der Waals surface area contributed by atoms with E-state index in [-0.39, 0.29) is 29.8 Å². The van der Waals surface area contributed by atoms with E-state index in [1.54, 1.807) is 7.05 Å². The first-order valence-corrected chi connectivity index (χ1v) is 8.82. The first-order chi connectivity index (χ1) is 13.2. The number of hydrogen-bond acceptors (Lipinski definition) is 4. The lowest BCUT2D eigenvalue weighted by Crippen LogP contribution is -2.40. The van der Waals surface area contributed by atoms with Gasteiger partial charge in [-0.05, 0) is 36.9 Å². The minimum absolute atomic E-state index is 0. The number of nitrogens with one attached hydrogen (secondary N) is 2. The Bertz CT molecular complexity index is 895. The number of likely N-dealkylation sites (N-methyl/N-ethyl adjacent to an activating group) is 1. The Hall–Kier alpha value is -2.27. The Kier molecular flexibility index (Phi) is 8.58. The lowest BCUT2D eigenvalue weighted by molar-refractivity contribution is 0.331. The lowest BCUT2D eigenvalue weighted by atomic mass is 10.2. The van der Waals surface area contributed by atoms with Gasteiger partial charge in [0.15, 0.2) is 17.4 Å². The van der Waals surface area contributed by atoms with E-state index in [9.17, 15) is 4.39 Å². The molecule has 0 aliphatic heterocycles. The van der Waals surface area contributed by atoms with Gasteiger partial charge in [0.2, 0.25) is 0 Å². The minimum atomic E-state index is -0.210. The zero-order chi connectivity index (χ0) is 19.1. The third kappa shape index (κ3) is 6.13. The fourth-order valence-corrected chi connectivity index (χ4v) is 2.74. The van der Waals surface area contributed by atoms with Gasteiger partial charge >= 0.3 is 0 Å². The van der Waals surface area contributed by atoms with Crippen LogP contribution >= 0.6 is 24.0 Å². The Morgan fingerprint density at radius 3 is 2.68 bits per heavy atom. The number of pyridine rings is 1. The van der Waals surface area contributed by atoms with Crippen LogP contribution < -0.4 is 10.6 Å². The summed E-state index contributed by atoms with van der Waals surface area (Å²) in [6.07, 6.45) is 1.94. The summed E-state index contributed by atoms with van der Waals surface area (Å²) in [7, 11) is 3.77. The molecular formula is C19H25FIN7. The summed E-state index contributed by atoms with van der Waals surface area (Å²) in [6.45, 7) is 2.85. The quantitative estimate of drug-likeness (QED) is 0.298. The Balaban J connectivity index is 0.00000280. The van der Waals surface area contributed by atoms with Gasteiger partial charge in [0, 0.05) is 32.9 Å². The predicted octanol–water partition coefficient (Wildman–Crippen LogP) is 2.28. The van der Waals surface area contributed by atoms with Crippen molar-refractivity contribution in [2.75, 3.05) is 27.2 Å². The number of aromatic nitrogens is 3. The summed E-state index contributed by atoms with van der Waals surface area (Å²) in [5.41, 5.74) is 1.90. The van der Waals surface area contributed by atoms with E-state index in [0.29, 0.717) is 12.5 Å². The van der Waals surface area contributed by atoms with Crippen LogP contribution in [-0.2, 0) is 13.1 Å². The second-order valence-electron chi connectivity index (χ2n) is 6.26. The van der Waals surface area contributed by atoms with Crippen LogP contribution in [0.15, 0.2) is 53.7 Å². The third-order valence-corrected chi connectivity index (χ3v) is 4.17. The molecule has 9 heteroatoms. The molecule has 0 atom stereocenters. The number of benzene rings is 1. The van der Waals surface area contributed by atoms with Gasteiger partial charge in [-0.3, -0.25) is 9.39 Å². The second kappa shape index (κ2) is 10.9. The van der Waals surface area contributed by atoms with Gasteiger partial charge in [-0.25, -0.2) is 4.39 Å². The Labute approximate surface area is 181 Å². The van der Waals surface area contributed by atoms with Crippen LogP contribution in [0.3, 0.4) is 0 Å². The van der Waals surface area contributed by atoms with E-state index in [4.69, 9.17) is 0 Å². The van der Waals surface area contributed by atoms with Crippen molar-refractivity contribution < 1.29 is 4.39 Å². The molecular weight excluding hydrogens is 472 g/mol. The largest absolute Gasteiger partial charge is 0.355 e. The van der Waals surface area contributed by atoms with Gasteiger partial charge in [0.05, 0.1) is 6.54 Å². The van der Waals surface area contributed by atoms with Crippen molar-refractivity contribution in [3.8, 4) is 0 Å². The summed E-state index contributed by atoms with van der Waals surface area (Å²) in [4.78, 5) is 6.40. The van der Waals surface area contributed by atoms with Gasteiger partial charge < -0.3 is 15.5 Å². The fraction of sp³-hybridized carbons (Fsp3) is 0.316. The SMILES string of the molecule is CN=C(NCCN(C)Cc1ccc(F)cc1)NCc1nnc2ccccn12.I. The molecule has 1 aromatic carbocycles. The molecule has 28 heavy (non-hydrogen) atoms. The maximum atomic E-state index is 13.0. The third-order valence-electron chi connectivity index (χ3n) is 4.17. The molecule has 0 amide bonds. The van der Waals surface area contributed by atoms with Gasteiger partial charge in [-0.2, -0.15) is 0 Å². The molecule has 2 aromatic heterocycles. The molecule has 0 saturated carbocycles. The molecule has 150 valence electrons. The van der Waals surface area contributed by atoms with Crippen LogP contribution in [0.2, 0.25) is 0 Å². The maximum absolute atomic E-state index is 13.0. The second-order valence-corrected chi connectivity index (χ2v) is 6.26. The summed E-state index contributed by atoms with van der Waals surface area (Å²) in [5.74, 6) is 1.32. The van der Waals surface area contributed by atoms with E-state index >= 15 is 0 Å². The highest BCUT2D eigenvalue weighted by Gasteiger charge is 2.06. The van der Waals surface area contributed by atoms with Crippen molar-refractivity contribution in [2.24, 2.45) is 4.99 Å². The van der Waals surface area contributed by atoms with E-state index in [2.05, 4.69) is 30.7 Å². The monoisotopic (exact) mass is 497 g/mol. The molecule has 7 nitrogen and oxygen atoms in total. The van der Waals surface area contributed by atoms with Crippen LogP contribution in [0.25, 0.3) is 5.65 Å². The molecule has 2 heterocycles. The number of nitrogens with zero attached hydrogens (tertiary/aromatic N) is 5. The summed E-state index contributed by atoms with van der Waals surface area (Å²) < 4.78 is 14.9. The smallest absolute Gasteiger partial charge is 0.191 e. The number of guanidine groups is 1. The van der Waals surface area contributed by atoms with Gasteiger partial charge in [0.1, 0.15) is 5.82 Å². The highest BCUT2D eigenvalue weighted by Crippen LogP contribution is 2.05. The van der Waals surface area contributed by atoms with Gasteiger partial charge in [-0.1, -0.05) is 18.2 Å². The average Bonchev–Trinajstić information content (AvgIpc) is 3.09. The first-order valence-electron chi connectivity index (χ1n) is 8.82. The average molecular weight is 497 g/mol. The molecule has 3 aromatic rings. The van der Waals surface area contributed by atoms with Crippen LogP contribution in [0.1, 0.15) is 11.4 Å². The Morgan fingerprint density at radius 1 is 1.14 bits per heavy atom. The van der Waals surface area contributed by atoms with E-state index in [1.807, 2.05) is 48.0 Å². The number of aliphatic imine (C=N–C) groups is 1. The summed E-state index contributed by atoms with van der Waals surface area (Å²) in [6, 6.07) is 12.4. The molecule has 0 fully saturated rings. The summed E-state index contributed by atoms with van der Waals surface area (Å²) >= 11 is 0. The topological polar surface area (TPSA) is 69.8 Å². The van der Waals surface area contributed by atoms with Crippen molar-refractivity contribution in [1.29, 1.82) is 0 Å². The number of rotatable bonds is 7. The van der Waals surface area contributed by atoms with Crippen molar-refractivity contribution >= 4 is 35.6 Å².